The number of hydrogen-bond donors (Lipinski definition) is 1. The highest BCUT2D eigenvalue weighted by Crippen LogP contribution is 2.28. The molecule has 23 heavy (non-hydrogen) atoms. The van der Waals surface area contributed by atoms with Crippen LogP contribution in [0.5, 0.6) is 0 Å². The number of Topliss-reactive ketones (excluding diaryl/α,β-unsaturated/α-hetero) is 1. The van der Waals surface area contributed by atoms with Gasteiger partial charge in [0.1, 0.15) is 5.82 Å². The maximum atomic E-state index is 13.4. The number of hydrogen-bond acceptors (Lipinski definition) is 3. The molecule has 2 aromatic rings. The van der Waals surface area contributed by atoms with E-state index >= 15 is 0 Å². The summed E-state index contributed by atoms with van der Waals surface area (Å²) in [5.41, 5.74) is -0.602. The molecule has 0 bridgehead atoms. The summed E-state index contributed by atoms with van der Waals surface area (Å²) in [6.07, 6.45) is 0.0782. The zero-order chi connectivity index (χ0) is 17.2. The van der Waals surface area contributed by atoms with E-state index in [-0.39, 0.29) is 23.1 Å². The lowest BCUT2D eigenvalue weighted by molar-refractivity contribution is -0.123. The second kappa shape index (κ2) is 6.81. The first kappa shape index (κ1) is 17.6. The molecule has 0 saturated heterocycles. The monoisotopic (exact) mass is 353 g/mol. The van der Waals surface area contributed by atoms with Gasteiger partial charge in [0, 0.05) is 17.0 Å². The van der Waals surface area contributed by atoms with Gasteiger partial charge in [0.25, 0.3) is 0 Å². The van der Waals surface area contributed by atoms with Crippen molar-refractivity contribution in [2.75, 3.05) is 5.32 Å². The van der Waals surface area contributed by atoms with E-state index in [2.05, 4.69) is 5.32 Å². The predicted octanol–water partition coefficient (Wildman–Crippen LogP) is 5.09. The lowest BCUT2D eigenvalue weighted by atomic mass is 9.86. The second-order valence-electron chi connectivity index (χ2n) is 5.98. The molecule has 1 aromatic heterocycles. The molecule has 0 radical (unpaired) electrons. The smallest absolute Gasteiger partial charge is 0.230 e. The Morgan fingerprint density at radius 3 is 2.52 bits per heavy atom. The van der Waals surface area contributed by atoms with E-state index in [1.54, 1.807) is 19.9 Å². The van der Waals surface area contributed by atoms with Crippen molar-refractivity contribution in [3.05, 3.63) is 50.9 Å². The van der Waals surface area contributed by atoms with Crippen LogP contribution in [0.4, 0.5) is 10.1 Å². The number of ketones is 1. The number of benzene rings is 1. The molecular formula is C17H17ClFNO2S. The summed E-state index contributed by atoms with van der Waals surface area (Å²) in [6.45, 7) is 5.30. The van der Waals surface area contributed by atoms with Crippen molar-refractivity contribution < 1.29 is 14.0 Å². The summed E-state index contributed by atoms with van der Waals surface area (Å²) in [4.78, 5) is 26.4. The van der Waals surface area contributed by atoms with Crippen LogP contribution in [0.2, 0.25) is 5.02 Å². The Kier molecular flexibility index (Phi) is 5.22. The van der Waals surface area contributed by atoms with E-state index < -0.39 is 11.2 Å². The predicted molar refractivity (Wildman–Crippen MR) is 91.8 cm³/mol. The summed E-state index contributed by atoms with van der Waals surface area (Å²) >= 11 is 7.02. The highest BCUT2D eigenvalue weighted by Gasteiger charge is 2.31. The fourth-order valence-electron chi connectivity index (χ4n) is 2.03. The first-order valence-electron chi connectivity index (χ1n) is 7.05. The number of rotatable bonds is 5. The van der Waals surface area contributed by atoms with Gasteiger partial charge in [-0.25, -0.2) is 4.39 Å². The largest absolute Gasteiger partial charge is 0.326 e. The maximum absolute atomic E-state index is 13.4. The Bertz CT molecular complexity index is 755. The highest BCUT2D eigenvalue weighted by atomic mass is 35.5. The number of amides is 1. The van der Waals surface area contributed by atoms with E-state index in [1.165, 1.54) is 23.5 Å². The van der Waals surface area contributed by atoms with Gasteiger partial charge < -0.3 is 5.32 Å². The van der Waals surface area contributed by atoms with Gasteiger partial charge in [0.15, 0.2) is 5.78 Å². The number of carbonyl (C=O) groups is 2. The van der Waals surface area contributed by atoms with Gasteiger partial charge in [-0.15, -0.1) is 11.3 Å². The standard InChI is InChI=1S/C17H17ClFNO2S/c1-10-4-7-15(23-10)14(21)9-17(2,3)16(22)20-11-5-6-12(18)13(19)8-11/h4-8H,9H2,1-3H3,(H,20,22). The molecule has 0 fully saturated rings. The van der Waals surface area contributed by atoms with Gasteiger partial charge in [-0.2, -0.15) is 0 Å². The summed E-state index contributed by atoms with van der Waals surface area (Å²) in [5.74, 6) is -1.03. The fraction of sp³-hybridized carbons (Fsp3) is 0.294. The van der Waals surface area contributed by atoms with Gasteiger partial charge in [0.2, 0.25) is 5.91 Å². The third-order valence-electron chi connectivity index (χ3n) is 3.41. The Labute approximate surface area is 143 Å². The van der Waals surface area contributed by atoms with Gasteiger partial charge >= 0.3 is 0 Å². The van der Waals surface area contributed by atoms with Crippen molar-refractivity contribution in [3.8, 4) is 0 Å². The van der Waals surface area contributed by atoms with Crippen LogP contribution >= 0.6 is 22.9 Å². The van der Waals surface area contributed by atoms with E-state index in [9.17, 15) is 14.0 Å². The molecule has 3 nitrogen and oxygen atoms in total. The van der Waals surface area contributed by atoms with Crippen molar-refractivity contribution >= 4 is 40.3 Å². The second-order valence-corrected chi connectivity index (χ2v) is 7.67. The zero-order valence-corrected chi connectivity index (χ0v) is 14.6. The Hall–Kier alpha value is -1.72. The molecule has 0 unspecified atom stereocenters. The average Bonchev–Trinajstić information content (AvgIpc) is 2.89. The van der Waals surface area contributed by atoms with Crippen molar-refractivity contribution in [3.63, 3.8) is 0 Å². The molecule has 0 spiro atoms. The van der Waals surface area contributed by atoms with Gasteiger partial charge in [-0.3, -0.25) is 9.59 Å². The molecule has 0 atom stereocenters. The molecule has 6 heteroatoms. The van der Waals surface area contributed by atoms with Crippen LogP contribution in [-0.2, 0) is 4.79 Å². The number of anilines is 1. The van der Waals surface area contributed by atoms with Gasteiger partial charge in [0.05, 0.1) is 15.3 Å². The third-order valence-corrected chi connectivity index (χ3v) is 4.76. The van der Waals surface area contributed by atoms with Crippen LogP contribution in [0, 0.1) is 18.2 Å². The zero-order valence-electron chi connectivity index (χ0n) is 13.1. The van der Waals surface area contributed by atoms with Gasteiger partial charge in [-0.05, 0) is 37.3 Å². The van der Waals surface area contributed by atoms with Crippen molar-refractivity contribution in [1.82, 2.24) is 0 Å². The molecule has 2 rings (SSSR count). The molecule has 1 amide bonds. The lowest BCUT2D eigenvalue weighted by Crippen LogP contribution is -2.32. The normalized spacial score (nSPS) is 11.3. The number of carbonyl (C=O) groups excluding carboxylic acids is 2. The lowest BCUT2D eigenvalue weighted by Gasteiger charge is -2.22. The van der Waals surface area contributed by atoms with Crippen LogP contribution in [0.1, 0.15) is 34.8 Å². The van der Waals surface area contributed by atoms with Crippen LogP contribution in [0.25, 0.3) is 0 Å². The molecule has 1 heterocycles. The topological polar surface area (TPSA) is 46.2 Å². The van der Waals surface area contributed by atoms with E-state index in [1.807, 2.05) is 13.0 Å². The van der Waals surface area contributed by atoms with Crippen molar-refractivity contribution in [2.24, 2.45) is 5.41 Å². The summed E-state index contributed by atoms with van der Waals surface area (Å²) in [5, 5.41) is 2.62. The minimum atomic E-state index is -0.912. The fourth-order valence-corrected chi connectivity index (χ4v) is 2.95. The number of thiophene rings is 1. The number of halogens is 2. The van der Waals surface area contributed by atoms with Crippen LogP contribution in [0.15, 0.2) is 30.3 Å². The highest BCUT2D eigenvalue weighted by molar-refractivity contribution is 7.14. The summed E-state index contributed by atoms with van der Waals surface area (Å²) < 4.78 is 13.4. The van der Waals surface area contributed by atoms with Crippen molar-refractivity contribution in [1.29, 1.82) is 0 Å². The molecule has 0 aliphatic rings. The molecule has 0 aliphatic heterocycles. The molecule has 0 aliphatic carbocycles. The first-order valence-corrected chi connectivity index (χ1v) is 8.24. The summed E-state index contributed by atoms with van der Waals surface area (Å²) in [6, 6.07) is 7.69. The maximum Gasteiger partial charge on any atom is 0.230 e. The van der Waals surface area contributed by atoms with Crippen LogP contribution in [-0.4, -0.2) is 11.7 Å². The number of aryl methyl sites for hydroxylation is 1. The Morgan fingerprint density at radius 1 is 1.26 bits per heavy atom. The molecule has 1 N–H and O–H groups in total. The Morgan fingerprint density at radius 2 is 1.96 bits per heavy atom. The van der Waals surface area contributed by atoms with Crippen LogP contribution in [0.3, 0.4) is 0 Å². The minimum absolute atomic E-state index is 0.00879. The summed E-state index contributed by atoms with van der Waals surface area (Å²) in [7, 11) is 0. The van der Waals surface area contributed by atoms with Gasteiger partial charge in [-0.1, -0.05) is 25.4 Å². The quantitative estimate of drug-likeness (QED) is 0.761. The van der Waals surface area contributed by atoms with Crippen molar-refractivity contribution in [2.45, 2.75) is 27.2 Å². The molecule has 1 aromatic carbocycles. The van der Waals surface area contributed by atoms with E-state index in [0.717, 1.165) is 10.9 Å². The SMILES string of the molecule is Cc1ccc(C(=O)CC(C)(C)C(=O)Nc2ccc(Cl)c(F)c2)s1. The van der Waals surface area contributed by atoms with E-state index in [0.29, 0.717) is 10.6 Å². The Balaban J connectivity index is 2.07. The number of nitrogens with one attached hydrogen (secondary N) is 1. The third kappa shape index (κ3) is 4.39. The van der Waals surface area contributed by atoms with E-state index in [4.69, 9.17) is 11.6 Å². The minimum Gasteiger partial charge on any atom is -0.326 e. The first-order chi connectivity index (χ1) is 10.7. The molecular weight excluding hydrogens is 337 g/mol. The average molecular weight is 354 g/mol. The van der Waals surface area contributed by atoms with Crippen LogP contribution < -0.4 is 5.32 Å². The molecule has 122 valence electrons. The molecule has 0 saturated carbocycles.